The number of rotatable bonds is 7. The number of hydrogen-bond acceptors (Lipinski definition) is 4. The van der Waals surface area contributed by atoms with E-state index in [2.05, 4.69) is 51.1 Å². The van der Waals surface area contributed by atoms with Gasteiger partial charge in [-0.25, -0.2) is 0 Å². The SMILES string of the molecule is Cc1cc(N2C(=S)N[C@H](c3ccccn3)[C@H]2c2cc(C)n(Cc3ccco3)c2C)ccc1NC(=O)C(C)C. The van der Waals surface area contributed by atoms with Crippen LogP contribution < -0.4 is 15.5 Å². The Bertz CT molecular complexity index is 1460. The predicted octanol–water partition coefficient (Wildman–Crippen LogP) is 6.22. The number of aryl methyl sites for hydroxylation is 2. The molecule has 1 aliphatic rings. The van der Waals surface area contributed by atoms with E-state index in [1.54, 1.807) is 6.26 Å². The summed E-state index contributed by atoms with van der Waals surface area (Å²) in [5, 5.41) is 7.22. The molecular formula is C30H33N5O2S. The number of carbonyl (C=O) groups is 1. The molecule has 7 nitrogen and oxygen atoms in total. The number of pyridine rings is 1. The van der Waals surface area contributed by atoms with Crippen molar-refractivity contribution in [1.82, 2.24) is 14.9 Å². The van der Waals surface area contributed by atoms with E-state index in [9.17, 15) is 4.79 Å². The second-order valence-corrected chi connectivity index (χ2v) is 10.5. The number of aromatic nitrogens is 2. The van der Waals surface area contributed by atoms with E-state index in [-0.39, 0.29) is 23.9 Å². The Hall–Kier alpha value is -3.91. The van der Waals surface area contributed by atoms with Crippen LogP contribution >= 0.6 is 12.2 Å². The third kappa shape index (κ3) is 4.84. The van der Waals surface area contributed by atoms with Crippen LogP contribution in [0.3, 0.4) is 0 Å². The molecule has 0 spiro atoms. The lowest BCUT2D eigenvalue weighted by Gasteiger charge is -2.29. The van der Waals surface area contributed by atoms with Gasteiger partial charge in [-0.15, -0.1) is 0 Å². The molecular weight excluding hydrogens is 494 g/mol. The van der Waals surface area contributed by atoms with Crippen LogP contribution in [0.4, 0.5) is 11.4 Å². The summed E-state index contributed by atoms with van der Waals surface area (Å²) in [5.41, 5.74) is 7.14. The standard InChI is InChI=1S/C30H33N5O2S/c1-18(2)29(36)32-25-12-11-22(15-19(25)3)35-28(27(33-30(35)38)26-10-6-7-13-31-26)24-16-20(4)34(21(24)5)17-23-9-8-14-37-23/h6-16,18,27-28H,17H2,1-5H3,(H,32,36)(H,33,38)/t27-,28-/m1/s1. The van der Waals surface area contributed by atoms with Crippen molar-refractivity contribution in [1.29, 1.82) is 0 Å². The van der Waals surface area contributed by atoms with E-state index in [1.807, 2.05) is 69.4 Å². The van der Waals surface area contributed by atoms with Crippen molar-refractivity contribution in [2.45, 2.75) is 53.2 Å². The molecule has 0 aliphatic carbocycles. The maximum absolute atomic E-state index is 12.3. The minimum atomic E-state index is -0.137. The van der Waals surface area contributed by atoms with Gasteiger partial charge < -0.3 is 24.5 Å². The largest absolute Gasteiger partial charge is 0.467 e. The van der Waals surface area contributed by atoms with Crippen molar-refractivity contribution >= 4 is 34.6 Å². The minimum Gasteiger partial charge on any atom is -0.467 e. The molecule has 1 fully saturated rings. The van der Waals surface area contributed by atoms with Gasteiger partial charge in [-0.3, -0.25) is 9.78 Å². The lowest BCUT2D eigenvalue weighted by Crippen LogP contribution is -2.29. The number of carbonyl (C=O) groups excluding carboxylic acids is 1. The van der Waals surface area contributed by atoms with Crippen LogP contribution in [0.5, 0.6) is 0 Å². The van der Waals surface area contributed by atoms with Crippen LogP contribution in [-0.4, -0.2) is 20.6 Å². The Balaban J connectivity index is 1.58. The van der Waals surface area contributed by atoms with Gasteiger partial charge in [0.2, 0.25) is 5.91 Å². The summed E-state index contributed by atoms with van der Waals surface area (Å²) >= 11 is 5.93. The highest BCUT2D eigenvalue weighted by molar-refractivity contribution is 7.80. The van der Waals surface area contributed by atoms with Crippen molar-refractivity contribution in [3.05, 3.63) is 101 Å². The summed E-state index contributed by atoms with van der Waals surface area (Å²) in [6, 6.07) is 17.9. The van der Waals surface area contributed by atoms with Gasteiger partial charge >= 0.3 is 0 Å². The lowest BCUT2D eigenvalue weighted by molar-refractivity contribution is -0.118. The van der Waals surface area contributed by atoms with E-state index in [1.165, 1.54) is 5.56 Å². The minimum absolute atomic E-state index is 0.00343. The molecule has 1 saturated heterocycles. The Morgan fingerprint density at radius 2 is 1.95 bits per heavy atom. The van der Waals surface area contributed by atoms with E-state index in [0.29, 0.717) is 11.7 Å². The number of thiocarbonyl (C=S) groups is 1. The van der Waals surface area contributed by atoms with Crippen LogP contribution in [0.15, 0.2) is 71.5 Å². The van der Waals surface area contributed by atoms with Gasteiger partial charge in [0.05, 0.1) is 30.6 Å². The van der Waals surface area contributed by atoms with Crippen molar-refractivity contribution < 1.29 is 9.21 Å². The number of hydrogen-bond donors (Lipinski definition) is 2. The second-order valence-electron chi connectivity index (χ2n) is 10.1. The van der Waals surface area contributed by atoms with E-state index >= 15 is 0 Å². The zero-order chi connectivity index (χ0) is 27.0. The van der Waals surface area contributed by atoms with Gasteiger partial charge in [0.25, 0.3) is 0 Å². The molecule has 2 atom stereocenters. The highest BCUT2D eigenvalue weighted by Gasteiger charge is 2.42. The second kappa shape index (κ2) is 10.5. The zero-order valence-corrected chi connectivity index (χ0v) is 23.2. The van der Waals surface area contributed by atoms with Gasteiger partial charge in [-0.05, 0) is 92.6 Å². The molecule has 8 heteroatoms. The average Bonchev–Trinajstić information content (AvgIpc) is 3.60. The first kappa shape index (κ1) is 25.7. The Labute approximate surface area is 228 Å². The fourth-order valence-corrected chi connectivity index (χ4v) is 5.44. The highest BCUT2D eigenvalue weighted by Crippen LogP contribution is 2.44. The Kier molecular flexibility index (Phi) is 7.08. The molecule has 0 unspecified atom stereocenters. The van der Waals surface area contributed by atoms with Crippen LogP contribution in [0, 0.1) is 26.7 Å². The van der Waals surface area contributed by atoms with Crippen LogP contribution in [0.1, 0.15) is 59.9 Å². The number of furan rings is 1. The normalized spacial score (nSPS) is 17.2. The monoisotopic (exact) mass is 527 g/mol. The van der Waals surface area contributed by atoms with Gasteiger partial charge in [0.1, 0.15) is 5.76 Å². The van der Waals surface area contributed by atoms with Gasteiger partial charge in [-0.2, -0.15) is 0 Å². The Morgan fingerprint density at radius 1 is 1.13 bits per heavy atom. The molecule has 196 valence electrons. The van der Waals surface area contributed by atoms with Crippen molar-refractivity contribution in [3.63, 3.8) is 0 Å². The molecule has 1 aromatic carbocycles. The van der Waals surface area contributed by atoms with Crippen LogP contribution in [0.25, 0.3) is 0 Å². The van der Waals surface area contributed by atoms with E-state index in [4.69, 9.17) is 16.6 Å². The van der Waals surface area contributed by atoms with Crippen molar-refractivity contribution in [2.24, 2.45) is 5.92 Å². The number of benzene rings is 1. The summed E-state index contributed by atoms with van der Waals surface area (Å²) < 4.78 is 7.92. The smallest absolute Gasteiger partial charge is 0.226 e. The molecule has 38 heavy (non-hydrogen) atoms. The van der Waals surface area contributed by atoms with Gasteiger partial charge in [-0.1, -0.05) is 19.9 Å². The Morgan fingerprint density at radius 3 is 2.61 bits per heavy atom. The molecule has 0 saturated carbocycles. The molecule has 4 aromatic rings. The highest BCUT2D eigenvalue weighted by atomic mass is 32.1. The molecule has 2 N–H and O–H groups in total. The third-order valence-electron chi connectivity index (χ3n) is 7.19. The van der Waals surface area contributed by atoms with Gasteiger partial charge in [0, 0.05) is 34.9 Å². The molecule has 5 rings (SSSR count). The van der Waals surface area contributed by atoms with Crippen molar-refractivity contribution in [3.8, 4) is 0 Å². The molecule has 0 radical (unpaired) electrons. The number of nitrogens with one attached hydrogen (secondary N) is 2. The summed E-state index contributed by atoms with van der Waals surface area (Å²) in [4.78, 5) is 19.2. The fourth-order valence-electron chi connectivity index (χ4n) is 5.09. The fraction of sp³-hybridized carbons (Fsp3) is 0.300. The van der Waals surface area contributed by atoms with Crippen LogP contribution in [-0.2, 0) is 11.3 Å². The number of anilines is 2. The molecule has 1 aliphatic heterocycles. The molecule has 4 heterocycles. The van der Waals surface area contributed by atoms with E-state index < -0.39 is 0 Å². The summed E-state index contributed by atoms with van der Waals surface area (Å²) in [6.07, 6.45) is 3.52. The number of nitrogens with zero attached hydrogens (tertiary/aromatic N) is 3. The molecule has 3 aromatic heterocycles. The summed E-state index contributed by atoms with van der Waals surface area (Å²) in [6.45, 7) is 10.7. The maximum Gasteiger partial charge on any atom is 0.226 e. The average molecular weight is 528 g/mol. The topological polar surface area (TPSA) is 75.3 Å². The first-order valence-electron chi connectivity index (χ1n) is 12.9. The first-order chi connectivity index (χ1) is 18.2. The van der Waals surface area contributed by atoms with E-state index in [0.717, 1.165) is 39.8 Å². The summed E-state index contributed by atoms with van der Waals surface area (Å²) in [5.74, 6) is 0.812. The van der Waals surface area contributed by atoms with Crippen LogP contribution in [0.2, 0.25) is 0 Å². The maximum atomic E-state index is 12.3. The molecule has 1 amide bonds. The first-order valence-corrected chi connectivity index (χ1v) is 13.3. The van der Waals surface area contributed by atoms with Crippen molar-refractivity contribution in [2.75, 3.05) is 10.2 Å². The lowest BCUT2D eigenvalue weighted by atomic mass is 9.96. The van der Waals surface area contributed by atoms with Gasteiger partial charge in [0.15, 0.2) is 5.11 Å². The molecule has 0 bridgehead atoms. The quantitative estimate of drug-likeness (QED) is 0.278. The zero-order valence-electron chi connectivity index (χ0n) is 22.4. The third-order valence-corrected chi connectivity index (χ3v) is 7.51. The summed E-state index contributed by atoms with van der Waals surface area (Å²) in [7, 11) is 0. The number of amides is 1. The predicted molar refractivity (Wildman–Crippen MR) is 154 cm³/mol.